The van der Waals surface area contributed by atoms with Crippen molar-refractivity contribution in [3.63, 3.8) is 0 Å². The van der Waals surface area contributed by atoms with Crippen LogP contribution in [-0.4, -0.2) is 22.2 Å². The van der Waals surface area contributed by atoms with Gasteiger partial charge in [-0.25, -0.2) is 0 Å². The van der Waals surface area contributed by atoms with Crippen LogP contribution < -0.4 is 56.1 Å². The molecule has 1 aromatic carbocycles. The first-order valence-electron chi connectivity index (χ1n) is 5.59. The van der Waals surface area contributed by atoms with E-state index >= 15 is 0 Å². The van der Waals surface area contributed by atoms with E-state index in [4.69, 9.17) is 4.74 Å². The summed E-state index contributed by atoms with van der Waals surface area (Å²) in [6, 6.07) is 9.69. The third-order valence-electron chi connectivity index (χ3n) is 2.95. The Morgan fingerprint density at radius 1 is 1.21 bits per heavy atom. The van der Waals surface area contributed by atoms with E-state index in [0.29, 0.717) is 5.52 Å². The number of pyridine rings is 1. The summed E-state index contributed by atoms with van der Waals surface area (Å²) in [6.45, 7) is 0. The van der Waals surface area contributed by atoms with Gasteiger partial charge in [-0.3, -0.25) is 4.98 Å². The number of H-pyrrole nitrogens is 1. The fraction of sp³-hybridized carbons (Fsp3) is 0.0714. The third-order valence-corrected chi connectivity index (χ3v) is 2.95. The van der Waals surface area contributed by atoms with E-state index in [1.54, 1.807) is 19.5 Å². The molecule has 0 aliphatic carbocycles. The van der Waals surface area contributed by atoms with Gasteiger partial charge in [-0.15, -0.1) is 0 Å². The summed E-state index contributed by atoms with van der Waals surface area (Å²) in [5, 5.41) is 9.65. The Hall–Kier alpha value is -0.854. The maximum absolute atomic E-state index is 9.65. The van der Waals surface area contributed by atoms with Gasteiger partial charge in [-0.2, -0.15) is 0 Å². The molecule has 3 rings (SSSR count). The molecule has 4 nitrogen and oxygen atoms in total. The van der Waals surface area contributed by atoms with E-state index in [9.17, 15) is 5.11 Å². The van der Waals surface area contributed by atoms with Gasteiger partial charge in [0.15, 0.2) is 5.75 Å². The van der Waals surface area contributed by atoms with Crippen LogP contribution in [0.2, 0.25) is 0 Å². The van der Waals surface area contributed by atoms with Crippen molar-refractivity contribution < 1.29 is 62.7 Å². The standard InChI is InChI=1S/C14H12N2O2.K.H/c1-18-10-4-2-9(3-5-10)11-6-7-15-14-12(17)8-16-13(11)14;;/h2-8,16-17H,1H3;;/q;+1;-1. The van der Waals surface area contributed by atoms with E-state index in [1.165, 1.54) is 0 Å². The molecule has 0 radical (unpaired) electrons. The number of hydrogen-bond acceptors (Lipinski definition) is 3. The molecule has 0 saturated heterocycles. The first-order chi connectivity index (χ1) is 8.79. The van der Waals surface area contributed by atoms with Gasteiger partial charge >= 0.3 is 51.4 Å². The number of benzene rings is 1. The minimum absolute atomic E-state index is 0. The zero-order valence-electron chi connectivity index (χ0n) is 11.8. The van der Waals surface area contributed by atoms with Crippen molar-refractivity contribution in [1.29, 1.82) is 0 Å². The van der Waals surface area contributed by atoms with Crippen molar-refractivity contribution in [3.05, 3.63) is 42.7 Å². The van der Waals surface area contributed by atoms with E-state index in [1.807, 2.05) is 30.3 Å². The van der Waals surface area contributed by atoms with Crippen molar-refractivity contribution in [2.24, 2.45) is 0 Å². The predicted octanol–water partition coefficient (Wildman–Crippen LogP) is 0.0606. The summed E-state index contributed by atoms with van der Waals surface area (Å²) in [5.41, 5.74) is 3.47. The molecule has 0 aliphatic rings. The van der Waals surface area contributed by atoms with Crippen molar-refractivity contribution in [3.8, 4) is 22.6 Å². The zero-order valence-corrected chi connectivity index (χ0v) is 14.0. The van der Waals surface area contributed by atoms with Gasteiger partial charge < -0.3 is 16.3 Å². The predicted molar refractivity (Wildman–Crippen MR) is 70.9 cm³/mol. The van der Waals surface area contributed by atoms with Crippen LogP contribution in [-0.2, 0) is 0 Å². The first-order valence-corrected chi connectivity index (χ1v) is 5.59. The fourth-order valence-electron chi connectivity index (χ4n) is 2.02. The molecule has 2 aromatic heterocycles. The number of aromatic amines is 1. The van der Waals surface area contributed by atoms with Crippen LogP contribution in [0.15, 0.2) is 42.7 Å². The molecule has 0 amide bonds. The average Bonchev–Trinajstić information content (AvgIpc) is 2.81. The number of fused-ring (bicyclic) bond motifs is 1. The molecule has 0 saturated carbocycles. The number of nitrogens with zero attached hydrogens (tertiary/aromatic N) is 1. The van der Waals surface area contributed by atoms with Gasteiger partial charge in [0.2, 0.25) is 0 Å². The smallest absolute Gasteiger partial charge is 1.00 e. The van der Waals surface area contributed by atoms with Crippen LogP contribution in [0.1, 0.15) is 1.43 Å². The van der Waals surface area contributed by atoms with Gasteiger partial charge in [0.05, 0.1) is 12.6 Å². The summed E-state index contributed by atoms with van der Waals surface area (Å²) >= 11 is 0. The molecule has 3 aromatic rings. The normalized spacial score (nSPS) is 10.2. The minimum Gasteiger partial charge on any atom is -1.00 e. The molecule has 5 heteroatoms. The summed E-state index contributed by atoms with van der Waals surface area (Å²) in [4.78, 5) is 7.19. The molecule has 0 spiro atoms. The van der Waals surface area contributed by atoms with E-state index in [-0.39, 0.29) is 58.6 Å². The molecular weight excluding hydrogens is 267 g/mol. The van der Waals surface area contributed by atoms with E-state index in [0.717, 1.165) is 22.4 Å². The Bertz CT molecular complexity index is 698. The fourth-order valence-corrected chi connectivity index (χ4v) is 2.02. The van der Waals surface area contributed by atoms with Gasteiger partial charge in [-0.1, -0.05) is 12.1 Å². The Kier molecular flexibility index (Phi) is 4.65. The summed E-state index contributed by atoms with van der Waals surface area (Å²) in [6.07, 6.45) is 3.24. The van der Waals surface area contributed by atoms with Gasteiger partial charge in [0.1, 0.15) is 11.3 Å². The Morgan fingerprint density at radius 3 is 2.63 bits per heavy atom. The van der Waals surface area contributed by atoms with Crippen LogP contribution in [0.3, 0.4) is 0 Å². The second-order valence-corrected chi connectivity index (χ2v) is 3.98. The number of nitrogens with one attached hydrogen (secondary N) is 1. The maximum Gasteiger partial charge on any atom is 1.00 e. The van der Waals surface area contributed by atoms with Gasteiger partial charge in [-0.05, 0) is 23.8 Å². The van der Waals surface area contributed by atoms with Crippen molar-refractivity contribution in [1.82, 2.24) is 9.97 Å². The van der Waals surface area contributed by atoms with Crippen LogP contribution >= 0.6 is 0 Å². The molecule has 2 N–H and O–H groups in total. The number of aromatic nitrogens is 2. The molecule has 19 heavy (non-hydrogen) atoms. The SMILES string of the molecule is COc1ccc(-c2ccnc3c(O)c[nH]c23)cc1.[H-].[K+]. The Morgan fingerprint density at radius 2 is 1.95 bits per heavy atom. The second-order valence-electron chi connectivity index (χ2n) is 3.98. The molecule has 0 unspecified atom stereocenters. The number of aromatic hydroxyl groups is 1. The first kappa shape index (κ1) is 14.6. The maximum atomic E-state index is 9.65. The Labute approximate surface area is 154 Å². The number of hydrogen-bond donors (Lipinski definition) is 2. The number of ether oxygens (including phenoxy) is 1. The summed E-state index contributed by atoms with van der Waals surface area (Å²) in [5.74, 6) is 0.985. The number of rotatable bonds is 2. The Balaban J connectivity index is 0.000001000. The van der Waals surface area contributed by atoms with Crippen LogP contribution in [0.4, 0.5) is 0 Å². The van der Waals surface area contributed by atoms with Crippen LogP contribution in [0.5, 0.6) is 11.5 Å². The molecule has 2 heterocycles. The molecule has 0 atom stereocenters. The monoisotopic (exact) mass is 280 g/mol. The molecular formula is C14H13KN2O2. The molecule has 92 valence electrons. The topological polar surface area (TPSA) is 58.1 Å². The molecule has 0 fully saturated rings. The van der Waals surface area contributed by atoms with E-state index < -0.39 is 0 Å². The third kappa shape index (κ3) is 2.70. The zero-order chi connectivity index (χ0) is 12.5. The van der Waals surface area contributed by atoms with Gasteiger partial charge in [0.25, 0.3) is 0 Å². The van der Waals surface area contributed by atoms with E-state index in [2.05, 4.69) is 9.97 Å². The van der Waals surface area contributed by atoms with Crippen LogP contribution in [0.25, 0.3) is 22.2 Å². The van der Waals surface area contributed by atoms with Gasteiger partial charge in [0, 0.05) is 18.0 Å². The second kappa shape index (κ2) is 6.07. The van der Waals surface area contributed by atoms with Crippen LogP contribution in [0, 0.1) is 0 Å². The van der Waals surface area contributed by atoms with Crippen molar-refractivity contribution in [2.45, 2.75) is 0 Å². The largest absolute Gasteiger partial charge is 1.00 e. The molecule has 0 aliphatic heterocycles. The minimum atomic E-state index is 0. The van der Waals surface area contributed by atoms with Crippen molar-refractivity contribution in [2.75, 3.05) is 7.11 Å². The quantitative estimate of drug-likeness (QED) is 0.653. The van der Waals surface area contributed by atoms with Crippen molar-refractivity contribution >= 4 is 11.0 Å². The summed E-state index contributed by atoms with van der Waals surface area (Å²) < 4.78 is 5.14. The number of methoxy groups -OCH3 is 1. The average molecular weight is 280 g/mol. The summed E-state index contributed by atoms with van der Waals surface area (Å²) in [7, 11) is 1.64. The molecule has 0 bridgehead atoms.